The van der Waals surface area contributed by atoms with Crippen molar-refractivity contribution in [2.75, 3.05) is 4.90 Å². The number of hydrogen-bond donors (Lipinski definition) is 0. The number of carbonyl (C=O) groups is 3. The Kier molecular flexibility index (Phi) is 6.43. The van der Waals surface area contributed by atoms with Gasteiger partial charge in [-0.25, -0.2) is 4.90 Å². The molecular formula is C25H20ClN3O5. The van der Waals surface area contributed by atoms with Crippen molar-refractivity contribution in [3.63, 3.8) is 0 Å². The van der Waals surface area contributed by atoms with Crippen molar-refractivity contribution in [1.82, 2.24) is 4.90 Å². The first-order valence-corrected chi connectivity index (χ1v) is 10.9. The van der Waals surface area contributed by atoms with Crippen LogP contribution in [0.2, 0.25) is 5.02 Å². The molecule has 9 heteroatoms. The van der Waals surface area contributed by atoms with Crippen LogP contribution in [0.3, 0.4) is 0 Å². The number of anilines is 1. The van der Waals surface area contributed by atoms with E-state index in [4.69, 9.17) is 11.6 Å². The van der Waals surface area contributed by atoms with Gasteiger partial charge in [0.25, 0.3) is 17.5 Å². The number of halogens is 1. The van der Waals surface area contributed by atoms with Crippen molar-refractivity contribution < 1.29 is 19.3 Å². The molecule has 1 aliphatic heterocycles. The largest absolute Gasteiger partial charge is 0.319 e. The van der Waals surface area contributed by atoms with Crippen LogP contribution in [-0.2, 0) is 9.59 Å². The van der Waals surface area contributed by atoms with Crippen LogP contribution in [0.4, 0.5) is 11.4 Å². The number of amides is 3. The molecule has 0 spiro atoms. The molecule has 0 aromatic heterocycles. The van der Waals surface area contributed by atoms with Gasteiger partial charge in [0.1, 0.15) is 6.04 Å². The van der Waals surface area contributed by atoms with Crippen LogP contribution in [0.1, 0.15) is 35.3 Å². The SMILES string of the molecule is CC(c1ccccc1)N(C(=O)c1ccc([N+](=O)[O-])cc1)C1CC(=O)N(c2ccc(Cl)cc2)C1=O. The number of nitro groups is 1. The second kappa shape index (κ2) is 9.44. The van der Waals surface area contributed by atoms with Gasteiger partial charge in [-0.1, -0.05) is 41.9 Å². The zero-order valence-corrected chi connectivity index (χ0v) is 18.9. The van der Waals surface area contributed by atoms with Gasteiger partial charge < -0.3 is 4.90 Å². The standard InChI is InChI=1S/C25H20ClN3O5/c1-16(17-5-3-2-4-6-17)27(24(31)18-7-11-21(12-8-18)29(33)34)22-15-23(30)28(25(22)32)20-13-9-19(26)10-14-20/h2-14,16,22H,15H2,1H3. The van der Waals surface area contributed by atoms with Crippen molar-refractivity contribution in [3.8, 4) is 0 Å². The second-order valence-electron chi connectivity index (χ2n) is 7.87. The molecule has 8 nitrogen and oxygen atoms in total. The average molecular weight is 478 g/mol. The highest BCUT2D eigenvalue weighted by molar-refractivity contribution is 6.31. The molecule has 172 valence electrons. The molecule has 34 heavy (non-hydrogen) atoms. The van der Waals surface area contributed by atoms with E-state index >= 15 is 0 Å². The van der Waals surface area contributed by atoms with Crippen molar-refractivity contribution in [3.05, 3.63) is 105 Å². The Morgan fingerprint density at radius 1 is 1.03 bits per heavy atom. The van der Waals surface area contributed by atoms with Crippen LogP contribution in [0.25, 0.3) is 0 Å². The van der Waals surface area contributed by atoms with E-state index in [-0.39, 0.29) is 17.7 Å². The minimum absolute atomic E-state index is 0.153. The van der Waals surface area contributed by atoms with Gasteiger partial charge in [0.15, 0.2) is 0 Å². The minimum Gasteiger partial charge on any atom is -0.319 e. The molecule has 0 N–H and O–H groups in total. The van der Waals surface area contributed by atoms with Gasteiger partial charge in [-0.2, -0.15) is 0 Å². The molecule has 2 atom stereocenters. The topological polar surface area (TPSA) is 101 Å². The molecule has 3 aromatic rings. The summed E-state index contributed by atoms with van der Waals surface area (Å²) in [6, 6.07) is 19.0. The predicted molar refractivity (Wildman–Crippen MR) is 126 cm³/mol. The molecule has 1 fully saturated rings. The van der Waals surface area contributed by atoms with Crippen LogP contribution in [0, 0.1) is 10.1 Å². The van der Waals surface area contributed by atoms with Crippen LogP contribution in [0.5, 0.6) is 0 Å². The molecule has 0 radical (unpaired) electrons. The van der Waals surface area contributed by atoms with Gasteiger partial charge >= 0.3 is 0 Å². The summed E-state index contributed by atoms with van der Waals surface area (Å²) in [5, 5.41) is 11.5. The number of benzene rings is 3. The number of hydrogen-bond acceptors (Lipinski definition) is 5. The summed E-state index contributed by atoms with van der Waals surface area (Å²) < 4.78 is 0. The Bertz CT molecular complexity index is 1250. The number of rotatable bonds is 6. The fraction of sp³-hybridized carbons (Fsp3) is 0.160. The van der Waals surface area contributed by atoms with Gasteiger partial charge in [0, 0.05) is 22.7 Å². The number of nitro benzene ring substituents is 1. The third-order valence-corrected chi connectivity index (χ3v) is 6.05. The summed E-state index contributed by atoms with van der Waals surface area (Å²) in [5.74, 6) is -1.46. The molecular weight excluding hydrogens is 458 g/mol. The highest BCUT2D eigenvalue weighted by atomic mass is 35.5. The van der Waals surface area contributed by atoms with Crippen molar-refractivity contribution in [1.29, 1.82) is 0 Å². The number of carbonyl (C=O) groups excluding carboxylic acids is 3. The normalized spacial score (nSPS) is 16.4. The fourth-order valence-corrected chi connectivity index (χ4v) is 4.17. The van der Waals surface area contributed by atoms with Crippen molar-refractivity contribution in [2.45, 2.75) is 25.4 Å². The summed E-state index contributed by atoms with van der Waals surface area (Å²) in [5.41, 5.74) is 1.18. The maximum Gasteiger partial charge on any atom is 0.269 e. The zero-order valence-electron chi connectivity index (χ0n) is 18.1. The lowest BCUT2D eigenvalue weighted by molar-refractivity contribution is -0.384. The summed E-state index contributed by atoms with van der Waals surface area (Å²) in [7, 11) is 0. The van der Waals surface area contributed by atoms with E-state index in [0.717, 1.165) is 10.5 Å². The van der Waals surface area contributed by atoms with Crippen LogP contribution >= 0.6 is 11.6 Å². The summed E-state index contributed by atoms with van der Waals surface area (Å²) in [6.45, 7) is 1.78. The Labute approximate surface area is 200 Å². The van der Waals surface area contributed by atoms with Crippen molar-refractivity contribution in [2.24, 2.45) is 0 Å². The molecule has 0 saturated carbocycles. The number of non-ortho nitro benzene ring substituents is 1. The van der Waals surface area contributed by atoms with Gasteiger partial charge in [-0.05, 0) is 48.9 Å². The van der Waals surface area contributed by atoms with Crippen LogP contribution < -0.4 is 4.90 Å². The lowest BCUT2D eigenvalue weighted by Crippen LogP contribution is -2.46. The number of imide groups is 1. The van der Waals surface area contributed by atoms with E-state index in [0.29, 0.717) is 10.7 Å². The maximum atomic E-state index is 13.6. The summed E-state index contributed by atoms with van der Waals surface area (Å²) in [6.07, 6.45) is -0.183. The fourth-order valence-electron chi connectivity index (χ4n) is 4.05. The monoisotopic (exact) mass is 477 g/mol. The second-order valence-corrected chi connectivity index (χ2v) is 8.30. The maximum absolute atomic E-state index is 13.6. The van der Waals surface area contributed by atoms with Gasteiger partial charge in [0.2, 0.25) is 5.91 Å². The Morgan fingerprint density at radius 2 is 1.65 bits per heavy atom. The molecule has 1 aliphatic rings. The summed E-state index contributed by atoms with van der Waals surface area (Å²) >= 11 is 5.94. The molecule has 0 bridgehead atoms. The smallest absolute Gasteiger partial charge is 0.269 e. The predicted octanol–water partition coefficient (Wildman–Crippen LogP) is 4.78. The minimum atomic E-state index is -1.04. The van der Waals surface area contributed by atoms with Gasteiger partial charge in [0.05, 0.1) is 23.1 Å². The Hall–Kier alpha value is -4.04. The molecule has 0 aliphatic carbocycles. The lowest BCUT2D eigenvalue weighted by Gasteiger charge is -2.33. The van der Waals surface area contributed by atoms with Crippen LogP contribution in [-0.4, -0.2) is 33.6 Å². The van der Waals surface area contributed by atoms with E-state index < -0.39 is 34.7 Å². The first-order valence-electron chi connectivity index (χ1n) is 10.5. The molecule has 1 heterocycles. The average Bonchev–Trinajstić information content (AvgIpc) is 3.13. The van der Waals surface area contributed by atoms with E-state index in [1.807, 2.05) is 30.3 Å². The first-order chi connectivity index (χ1) is 16.3. The first kappa shape index (κ1) is 23.1. The molecule has 4 rings (SSSR count). The quantitative estimate of drug-likeness (QED) is 0.289. The Morgan fingerprint density at radius 3 is 2.24 bits per heavy atom. The van der Waals surface area contributed by atoms with E-state index in [1.54, 1.807) is 31.2 Å². The zero-order chi connectivity index (χ0) is 24.4. The van der Waals surface area contributed by atoms with E-state index in [2.05, 4.69) is 0 Å². The van der Waals surface area contributed by atoms with E-state index in [9.17, 15) is 24.5 Å². The summed E-state index contributed by atoms with van der Waals surface area (Å²) in [4.78, 5) is 52.8. The van der Waals surface area contributed by atoms with Gasteiger partial charge in [-0.3, -0.25) is 24.5 Å². The molecule has 3 amide bonds. The third-order valence-electron chi connectivity index (χ3n) is 5.80. The molecule has 2 unspecified atom stereocenters. The van der Waals surface area contributed by atoms with Crippen molar-refractivity contribution >= 4 is 40.7 Å². The number of nitrogens with zero attached hydrogens (tertiary/aromatic N) is 3. The van der Waals surface area contributed by atoms with Crippen LogP contribution in [0.15, 0.2) is 78.9 Å². The highest BCUT2D eigenvalue weighted by Gasteiger charge is 2.46. The van der Waals surface area contributed by atoms with E-state index in [1.165, 1.54) is 29.2 Å². The molecule has 1 saturated heterocycles. The Balaban J connectivity index is 1.72. The van der Waals surface area contributed by atoms with Gasteiger partial charge in [-0.15, -0.1) is 0 Å². The lowest BCUT2D eigenvalue weighted by atomic mass is 10.0. The molecule has 3 aromatic carbocycles. The highest BCUT2D eigenvalue weighted by Crippen LogP contribution is 2.33. The third kappa shape index (κ3) is 4.40.